The minimum atomic E-state index is -4.76. The number of aliphatic carboxylic acids is 1. The Bertz CT molecular complexity index is 1090. The second-order valence-electron chi connectivity index (χ2n) is 9.01. The molecule has 0 radical (unpaired) electrons. The number of carboxylic acid groups (broad SMARTS) is 1. The summed E-state index contributed by atoms with van der Waals surface area (Å²) in [5, 5.41) is 9.10. The minimum Gasteiger partial charge on any atom is -0.486 e. The van der Waals surface area contributed by atoms with Gasteiger partial charge in [-0.1, -0.05) is 13.0 Å². The molecule has 0 bridgehead atoms. The van der Waals surface area contributed by atoms with Gasteiger partial charge in [0, 0.05) is 25.6 Å². The molecule has 11 heteroatoms. The van der Waals surface area contributed by atoms with Gasteiger partial charge in [0.25, 0.3) is 0 Å². The maximum Gasteiger partial charge on any atom is 0.416 e. The summed E-state index contributed by atoms with van der Waals surface area (Å²) in [6.45, 7) is 2.24. The molecular formula is C24H23F6NO4. The number of ether oxygens (including phenoxy) is 2. The van der Waals surface area contributed by atoms with Crippen molar-refractivity contribution in [1.82, 2.24) is 4.90 Å². The van der Waals surface area contributed by atoms with Crippen molar-refractivity contribution in [2.45, 2.75) is 38.3 Å². The molecule has 35 heavy (non-hydrogen) atoms. The largest absolute Gasteiger partial charge is 0.486 e. The monoisotopic (exact) mass is 503 g/mol. The summed E-state index contributed by atoms with van der Waals surface area (Å²) in [5.74, 6) is -0.590. The van der Waals surface area contributed by atoms with E-state index >= 15 is 0 Å². The van der Waals surface area contributed by atoms with E-state index in [0.29, 0.717) is 49.2 Å². The van der Waals surface area contributed by atoms with Gasteiger partial charge in [0.05, 0.1) is 17.0 Å². The summed E-state index contributed by atoms with van der Waals surface area (Å²) in [4.78, 5) is 12.7. The van der Waals surface area contributed by atoms with Gasteiger partial charge < -0.3 is 14.6 Å². The maximum absolute atomic E-state index is 13.3. The Labute approximate surface area is 197 Å². The molecule has 0 amide bonds. The number of hydrogen-bond acceptors (Lipinski definition) is 4. The highest BCUT2D eigenvalue weighted by Crippen LogP contribution is 2.39. The van der Waals surface area contributed by atoms with E-state index < -0.39 is 40.9 Å². The van der Waals surface area contributed by atoms with Gasteiger partial charge in [-0.2, -0.15) is 26.3 Å². The molecule has 190 valence electrons. The van der Waals surface area contributed by atoms with Crippen molar-refractivity contribution in [2.24, 2.45) is 11.8 Å². The zero-order valence-corrected chi connectivity index (χ0v) is 18.6. The maximum atomic E-state index is 13.3. The Balaban J connectivity index is 1.40. The third-order valence-electron chi connectivity index (χ3n) is 6.30. The number of hydrogen-bond donors (Lipinski definition) is 1. The molecule has 0 saturated carbocycles. The van der Waals surface area contributed by atoms with Crippen LogP contribution in [0.5, 0.6) is 11.5 Å². The number of likely N-dealkylation sites (tertiary alicyclic amines) is 1. The van der Waals surface area contributed by atoms with Crippen LogP contribution < -0.4 is 9.47 Å². The van der Waals surface area contributed by atoms with Crippen LogP contribution in [0, 0.1) is 11.8 Å². The molecule has 2 heterocycles. The quantitative estimate of drug-likeness (QED) is 0.546. The van der Waals surface area contributed by atoms with Crippen LogP contribution in [-0.4, -0.2) is 41.8 Å². The molecule has 1 saturated heterocycles. The van der Waals surface area contributed by atoms with Crippen LogP contribution in [0.3, 0.4) is 0 Å². The Morgan fingerprint density at radius 2 is 1.77 bits per heavy atom. The second kappa shape index (κ2) is 9.25. The van der Waals surface area contributed by atoms with Gasteiger partial charge in [0.15, 0.2) is 11.5 Å². The van der Waals surface area contributed by atoms with Crippen LogP contribution in [0.1, 0.15) is 29.2 Å². The first-order valence-electron chi connectivity index (χ1n) is 11.0. The van der Waals surface area contributed by atoms with Crippen LogP contribution in [0.4, 0.5) is 26.3 Å². The number of rotatable bonds is 6. The van der Waals surface area contributed by atoms with E-state index in [1.54, 1.807) is 30.0 Å². The first-order valence-corrected chi connectivity index (χ1v) is 11.0. The lowest BCUT2D eigenvalue weighted by molar-refractivity contribution is -0.142. The van der Waals surface area contributed by atoms with Crippen molar-refractivity contribution in [1.29, 1.82) is 0 Å². The third kappa shape index (κ3) is 5.66. The summed E-state index contributed by atoms with van der Waals surface area (Å²) in [5.41, 5.74) is -1.86. The van der Waals surface area contributed by atoms with Crippen molar-refractivity contribution in [3.05, 3.63) is 58.7 Å². The number of halogens is 6. The molecular weight excluding hydrogens is 480 g/mol. The number of nitrogens with zero attached hydrogens (tertiary/aromatic N) is 1. The Morgan fingerprint density at radius 3 is 2.40 bits per heavy atom. The molecule has 5 nitrogen and oxygen atoms in total. The van der Waals surface area contributed by atoms with Gasteiger partial charge in [-0.15, -0.1) is 0 Å². The molecule has 2 aliphatic rings. The van der Waals surface area contributed by atoms with Crippen LogP contribution in [-0.2, 0) is 30.1 Å². The fourth-order valence-electron chi connectivity index (χ4n) is 4.33. The van der Waals surface area contributed by atoms with Gasteiger partial charge in [-0.3, -0.25) is 9.69 Å². The zero-order valence-electron chi connectivity index (χ0n) is 18.6. The highest BCUT2D eigenvalue weighted by atomic mass is 19.4. The number of alkyl halides is 6. The number of carbonyl (C=O) groups is 1. The van der Waals surface area contributed by atoms with Gasteiger partial charge in [-0.05, 0) is 47.9 Å². The Morgan fingerprint density at radius 1 is 1.06 bits per heavy atom. The molecule has 0 aliphatic carbocycles. The van der Waals surface area contributed by atoms with Crippen molar-refractivity contribution >= 4 is 5.97 Å². The normalized spacial score (nSPS) is 19.8. The highest BCUT2D eigenvalue weighted by molar-refractivity contribution is 5.70. The SMILES string of the molecule is CC(Cc1ccc2c(c1)O[C@H](C1CN(Cc3cc(C(F)(F)F)ccc3C(F)(F)F)C1)CO2)C(=O)O. The predicted octanol–water partition coefficient (Wildman–Crippen LogP) is 5.26. The standard InChI is InChI=1S/C24H23F6NO4/c1-13(22(32)33)6-14-2-5-19-20(7-14)35-21(12-34-19)16-10-31(11-16)9-15-8-17(23(25,26)27)3-4-18(15)24(28,29)30/h2-5,7-8,13,16,21H,6,9-12H2,1H3,(H,32,33)/t13?,21-/m0/s1. The van der Waals surface area contributed by atoms with Crippen LogP contribution in [0.15, 0.2) is 36.4 Å². The lowest BCUT2D eigenvalue weighted by Crippen LogP contribution is -2.55. The molecule has 2 aliphatic heterocycles. The zero-order chi connectivity index (χ0) is 25.5. The van der Waals surface area contributed by atoms with Gasteiger partial charge in [0.1, 0.15) is 12.7 Å². The summed E-state index contributed by atoms with van der Waals surface area (Å²) in [6.07, 6.45) is -9.57. The number of carboxylic acids is 1. The van der Waals surface area contributed by atoms with Crippen molar-refractivity contribution in [2.75, 3.05) is 19.7 Å². The first-order chi connectivity index (χ1) is 16.3. The van der Waals surface area contributed by atoms with Gasteiger partial charge in [-0.25, -0.2) is 0 Å². The number of benzene rings is 2. The summed E-state index contributed by atoms with van der Waals surface area (Å²) in [7, 11) is 0. The molecule has 2 aromatic carbocycles. The smallest absolute Gasteiger partial charge is 0.416 e. The second-order valence-corrected chi connectivity index (χ2v) is 9.01. The van der Waals surface area contributed by atoms with Crippen LogP contribution in [0.2, 0.25) is 0 Å². The van der Waals surface area contributed by atoms with E-state index in [1.165, 1.54) is 0 Å². The van der Waals surface area contributed by atoms with Crippen molar-refractivity contribution in [3.63, 3.8) is 0 Å². The van der Waals surface area contributed by atoms with E-state index in [9.17, 15) is 31.1 Å². The molecule has 1 N–H and O–H groups in total. The van der Waals surface area contributed by atoms with E-state index in [-0.39, 0.29) is 25.2 Å². The summed E-state index contributed by atoms with van der Waals surface area (Å²) in [6, 6.07) is 6.67. The molecule has 2 atom stereocenters. The van der Waals surface area contributed by atoms with E-state index in [4.69, 9.17) is 14.6 Å². The van der Waals surface area contributed by atoms with E-state index in [1.807, 2.05) is 0 Å². The van der Waals surface area contributed by atoms with E-state index in [0.717, 1.165) is 5.56 Å². The molecule has 0 spiro atoms. The fourth-order valence-corrected chi connectivity index (χ4v) is 4.33. The Hall–Kier alpha value is -2.95. The van der Waals surface area contributed by atoms with Crippen molar-refractivity contribution in [3.8, 4) is 11.5 Å². The lowest BCUT2D eigenvalue weighted by Gasteiger charge is -2.44. The van der Waals surface area contributed by atoms with Crippen molar-refractivity contribution < 1.29 is 45.7 Å². The summed E-state index contributed by atoms with van der Waals surface area (Å²) >= 11 is 0. The third-order valence-corrected chi connectivity index (χ3v) is 6.30. The fraction of sp³-hybridized carbons (Fsp3) is 0.458. The lowest BCUT2D eigenvalue weighted by atomic mass is 9.91. The molecule has 1 fully saturated rings. The first kappa shape index (κ1) is 25.2. The average Bonchev–Trinajstić information content (AvgIpc) is 2.74. The highest BCUT2D eigenvalue weighted by Gasteiger charge is 2.41. The van der Waals surface area contributed by atoms with Gasteiger partial charge in [0.2, 0.25) is 0 Å². The molecule has 2 aromatic rings. The number of fused-ring (bicyclic) bond motifs is 1. The molecule has 0 aromatic heterocycles. The average molecular weight is 503 g/mol. The van der Waals surface area contributed by atoms with Crippen LogP contribution >= 0.6 is 0 Å². The van der Waals surface area contributed by atoms with Crippen LogP contribution in [0.25, 0.3) is 0 Å². The Kier molecular flexibility index (Phi) is 6.65. The summed E-state index contributed by atoms with van der Waals surface area (Å²) < 4.78 is 90.9. The van der Waals surface area contributed by atoms with Gasteiger partial charge >= 0.3 is 18.3 Å². The van der Waals surface area contributed by atoms with E-state index in [2.05, 4.69) is 0 Å². The molecule has 4 rings (SSSR count). The minimum absolute atomic E-state index is 0.0788. The molecule has 1 unspecified atom stereocenters. The predicted molar refractivity (Wildman–Crippen MR) is 112 cm³/mol. The topological polar surface area (TPSA) is 59.0 Å².